The molecule has 0 radical (unpaired) electrons. The number of esters is 1. The Bertz CT molecular complexity index is 627. The lowest BCUT2D eigenvalue weighted by Crippen LogP contribution is -2.08. The molecule has 0 fully saturated rings. The van der Waals surface area contributed by atoms with Crippen LogP contribution in [0.3, 0.4) is 0 Å². The molecule has 0 N–H and O–H groups in total. The summed E-state index contributed by atoms with van der Waals surface area (Å²) in [5.74, 6) is 0.171. The van der Waals surface area contributed by atoms with E-state index in [2.05, 4.69) is 6.08 Å². The normalized spacial score (nSPS) is 10.8. The van der Waals surface area contributed by atoms with E-state index in [9.17, 15) is 9.59 Å². The van der Waals surface area contributed by atoms with Crippen LogP contribution in [0.25, 0.3) is 0 Å². The Labute approximate surface area is 142 Å². The Balaban J connectivity index is 2.93. The van der Waals surface area contributed by atoms with Crippen LogP contribution in [0.15, 0.2) is 35.4 Å². The Morgan fingerprint density at radius 2 is 1.67 bits per heavy atom. The summed E-state index contributed by atoms with van der Waals surface area (Å²) in [5.41, 5.74) is 2.53. The summed E-state index contributed by atoms with van der Waals surface area (Å²) in [6.07, 6.45) is 5.89. The third-order valence-electron chi connectivity index (χ3n) is 3.28. The molecule has 0 saturated carbocycles. The first-order valence-electron chi connectivity index (χ1n) is 7.64. The SMILES string of the molecule is COc1cc(C=O)cc(OC)c1OC(=O)/C=C(\C)CCC=C(C)C. The van der Waals surface area contributed by atoms with E-state index in [1.165, 1.54) is 38.0 Å². The zero-order valence-electron chi connectivity index (χ0n) is 14.8. The van der Waals surface area contributed by atoms with E-state index in [4.69, 9.17) is 14.2 Å². The third-order valence-corrected chi connectivity index (χ3v) is 3.28. The topological polar surface area (TPSA) is 61.8 Å². The summed E-state index contributed by atoms with van der Waals surface area (Å²) in [7, 11) is 2.86. The standard InChI is InChI=1S/C19H24O5/c1-13(2)7-6-8-14(3)9-18(21)24-19-16(22-4)10-15(12-20)11-17(19)23-5/h7,9-12H,6,8H2,1-5H3/b14-9+. The summed E-state index contributed by atoms with van der Waals surface area (Å²) >= 11 is 0. The Morgan fingerprint density at radius 3 is 2.12 bits per heavy atom. The highest BCUT2D eigenvalue weighted by Gasteiger charge is 2.17. The maximum absolute atomic E-state index is 12.1. The van der Waals surface area contributed by atoms with Crippen LogP contribution in [0.2, 0.25) is 0 Å². The molecule has 24 heavy (non-hydrogen) atoms. The van der Waals surface area contributed by atoms with E-state index in [0.29, 0.717) is 11.8 Å². The third kappa shape index (κ3) is 5.91. The summed E-state index contributed by atoms with van der Waals surface area (Å²) < 4.78 is 15.7. The zero-order valence-corrected chi connectivity index (χ0v) is 14.8. The van der Waals surface area contributed by atoms with Crippen molar-refractivity contribution in [1.29, 1.82) is 0 Å². The Kier molecular flexibility index (Phi) is 7.75. The number of rotatable bonds is 8. The molecule has 130 valence electrons. The largest absolute Gasteiger partial charge is 0.493 e. The monoisotopic (exact) mass is 332 g/mol. The summed E-state index contributed by atoms with van der Waals surface area (Å²) in [4.78, 5) is 23.1. The second kappa shape index (κ2) is 9.55. The van der Waals surface area contributed by atoms with Gasteiger partial charge in [-0.25, -0.2) is 4.79 Å². The molecule has 5 heteroatoms. The molecule has 0 heterocycles. The molecular formula is C19H24O5. The maximum Gasteiger partial charge on any atom is 0.336 e. The van der Waals surface area contributed by atoms with E-state index in [1.807, 2.05) is 20.8 Å². The van der Waals surface area contributed by atoms with Crippen molar-refractivity contribution in [3.63, 3.8) is 0 Å². The first kappa shape index (κ1) is 19.5. The number of aldehydes is 1. The molecule has 0 amide bonds. The minimum absolute atomic E-state index is 0.156. The fourth-order valence-electron chi connectivity index (χ4n) is 2.06. The van der Waals surface area contributed by atoms with Crippen molar-refractivity contribution < 1.29 is 23.8 Å². The first-order valence-corrected chi connectivity index (χ1v) is 7.64. The van der Waals surface area contributed by atoms with Crippen molar-refractivity contribution >= 4 is 12.3 Å². The predicted octanol–water partition coefficient (Wildman–Crippen LogP) is 4.11. The number of methoxy groups -OCH3 is 2. The number of benzene rings is 1. The highest BCUT2D eigenvalue weighted by Crippen LogP contribution is 2.38. The molecule has 0 aliphatic heterocycles. The number of carbonyl (C=O) groups excluding carboxylic acids is 2. The van der Waals surface area contributed by atoms with Gasteiger partial charge < -0.3 is 14.2 Å². The van der Waals surface area contributed by atoms with Crippen molar-refractivity contribution in [3.05, 3.63) is 41.0 Å². The van der Waals surface area contributed by atoms with Crippen LogP contribution in [0.5, 0.6) is 17.2 Å². The number of allylic oxidation sites excluding steroid dienone is 3. The first-order chi connectivity index (χ1) is 11.4. The molecule has 0 unspecified atom stereocenters. The molecule has 0 aromatic heterocycles. The van der Waals surface area contributed by atoms with E-state index in [-0.39, 0.29) is 17.2 Å². The van der Waals surface area contributed by atoms with Crippen LogP contribution in [0.4, 0.5) is 0 Å². The molecule has 5 nitrogen and oxygen atoms in total. The van der Waals surface area contributed by atoms with Crippen LogP contribution in [0.1, 0.15) is 44.0 Å². The van der Waals surface area contributed by atoms with Gasteiger partial charge in [0.2, 0.25) is 5.75 Å². The van der Waals surface area contributed by atoms with E-state index < -0.39 is 5.97 Å². The molecule has 0 saturated heterocycles. The van der Waals surface area contributed by atoms with Crippen LogP contribution in [-0.2, 0) is 4.79 Å². The lowest BCUT2D eigenvalue weighted by Gasteiger charge is -2.13. The van der Waals surface area contributed by atoms with E-state index >= 15 is 0 Å². The van der Waals surface area contributed by atoms with Gasteiger partial charge in [-0.1, -0.05) is 17.2 Å². The quantitative estimate of drug-likeness (QED) is 0.236. The van der Waals surface area contributed by atoms with Crippen LogP contribution in [-0.4, -0.2) is 26.5 Å². The van der Waals surface area contributed by atoms with Gasteiger partial charge in [-0.2, -0.15) is 0 Å². The van der Waals surface area contributed by atoms with Gasteiger partial charge in [0.15, 0.2) is 11.5 Å². The fraction of sp³-hybridized carbons (Fsp3) is 0.368. The fourth-order valence-corrected chi connectivity index (χ4v) is 2.06. The lowest BCUT2D eigenvalue weighted by molar-refractivity contribution is -0.129. The molecular weight excluding hydrogens is 308 g/mol. The number of ether oxygens (including phenoxy) is 3. The van der Waals surface area contributed by atoms with Crippen molar-refractivity contribution in [2.24, 2.45) is 0 Å². The molecule has 1 aromatic carbocycles. The number of carbonyl (C=O) groups is 2. The molecule has 0 aliphatic carbocycles. The summed E-state index contributed by atoms with van der Waals surface area (Å²) in [6, 6.07) is 2.98. The smallest absolute Gasteiger partial charge is 0.336 e. The second-order valence-corrected chi connectivity index (χ2v) is 5.60. The molecule has 0 spiro atoms. The minimum atomic E-state index is -0.514. The van der Waals surface area contributed by atoms with Crippen molar-refractivity contribution in [2.45, 2.75) is 33.6 Å². The van der Waals surface area contributed by atoms with Gasteiger partial charge in [0, 0.05) is 11.6 Å². The van der Waals surface area contributed by atoms with Crippen molar-refractivity contribution in [1.82, 2.24) is 0 Å². The van der Waals surface area contributed by atoms with E-state index in [0.717, 1.165) is 18.4 Å². The zero-order chi connectivity index (χ0) is 18.1. The van der Waals surface area contributed by atoms with Crippen LogP contribution >= 0.6 is 0 Å². The molecule has 1 aromatic rings. The van der Waals surface area contributed by atoms with Crippen LogP contribution < -0.4 is 14.2 Å². The van der Waals surface area contributed by atoms with Gasteiger partial charge in [-0.05, 0) is 45.7 Å². The highest BCUT2D eigenvalue weighted by molar-refractivity contribution is 5.86. The molecule has 0 aliphatic rings. The minimum Gasteiger partial charge on any atom is -0.493 e. The molecule has 1 rings (SSSR count). The maximum atomic E-state index is 12.1. The number of hydrogen-bond acceptors (Lipinski definition) is 5. The Hall–Kier alpha value is -2.56. The second-order valence-electron chi connectivity index (χ2n) is 5.60. The van der Waals surface area contributed by atoms with E-state index in [1.54, 1.807) is 0 Å². The molecule has 0 atom stereocenters. The predicted molar refractivity (Wildman–Crippen MR) is 93.0 cm³/mol. The van der Waals surface area contributed by atoms with Gasteiger partial charge in [-0.15, -0.1) is 0 Å². The summed E-state index contributed by atoms with van der Waals surface area (Å²) in [6.45, 7) is 5.95. The van der Waals surface area contributed by atoms with Gasteiger partial charge in [-0.3, -0.25) is 4.79 Å². The van der Waals surface area contributed by atoms with Gasteiger partial charge in [0.1, 0.15) is 6.29 Å². The molecule has 0 bridgehead atoms. The summed E-state index contributed by atoms with van der Waals surface area (Å²) in [5, 5.41) is 0. The Morgan fingerprint density at radius 1 is 1.08 bits per heavy atom. The van der Waals surface area contributed by atoms with Gasteiger partial charge >= 0.3 is 5.97 Å². The highest BCUT2D eigenvalue weighted by atomic mass is 16.6. The lowest BCUT2D eigenvalue weighted by atomic mass is 10.1. The number of hydrogen-bond donors (Lipinski definition) is 0. The van der Waals surface area contributed by atoms with Crippen molar-refractivity contribution in [2.75, 3.05) is 14.2 Å². The average Bonchev–Trinajstić information content (AvgIpc) is 2.54. The van der Waals surface area contributed by atoms with Crippen molar-refractivity contribution in [3.8, 4) is 17.2 Å². The van der Waals surface area contributed by atoms with Crippen LogP contribution in [0, 0.1) is 0 Å². The van der Waals surface area contributed by atoms with Gasteiger partial charge in [0.25, 0.3) is 0 Å². The average molecular weight is 332 g/mol. The van der Waals surface area contributed by atoms with Gasteiger partial charge in [0.05, 0.1) is 14.2 Å².